The molecule has 1 aromatic carbocycles. The highest BCUT2D eigenvalue weighted by Crippen LogP contribution is 2.28. The Labute approximate surface area is 168 Å². The first-order valence-electron chi connectivity index (χ1n) is 9.42. The molecule has 2 aliphatic rings. The quantitative estimate of drug-likeness (QED) is 0.777. The number of fused-ring (bicyclic) bond motifs is 1. The summed E-state index contributed by atoms with van der Waals surface area (Å²) in [6, 6.07) is 5.27. The number of anilines is 1. The predicted molar refractivity (Wildman–Crippen MR) is 104 cm³/mol. The number of amides is 2. The number of piperidine rings is 1. The molecule has 2 aliphatic heterocycles. The molecule has 0 atom stereocenters. The summed E-state index contributed by atoms with van der Waals surface area (Å²) in [6.45, 7) is 4.17. The van der Waals surface area contributed by atoms with Gasteiger partial charge < -0.3 is 15.2 Å². The molecule has 29 heavy (non-hydrogen) atoms. The third-order valence-corrected chi connectivity index (χ3v) is 7.60. The zero-order valence-electron chi connectivity index (χ0n) is 16.2. The summed E-state index contributed by atoms with van der Waals surface area (Å²) < 4.78 is 32.1. The number of hydrogen-bond donors (Lipinski definition) is 2. The Hall–Kier alpha value is -2.72. The second kappa shape index (κ2) is 7.27. The van der Waals surface area contributed by atoms with Gasteiger partial charge in [-0.15, -0.1) is 0 Å². The van der Waals surface area contributed by atoms with Crippen LogP contribution in [-0.4, -0.2) is 42.8 Å². The van der Waals surface area contributed by atoms with Gasteiger partial charge in [0.15, 0.2) is 5.76 Å². The van der Waals surface area contributed by atoms with Gasteiger partial charge in [0, 0.05) is 36.8 Å². The number of sulfonamides is 1. The van der Waals surface area contributed by atoms with E-state index in [4.69, 9.17) is 4.52 Å². The Balaban J connectivity index is 1.40. The number of rotatable bonds is 4. The topological polar surface area (TPSA) is 122 Å². The van der Waals surface area contributed by atoms with E-state index in [0.717, 1.165) is 5.56 Å². The van der Waals surface area contributed by atoms with Crippen molar-refractivity contribution in [2.45, 2.75) is 38.1 Å². The van der Waals surface area contributed by atoms with Gasteiger partial charge in [0.25, 0.3) is 5.91 Å². The van der Waals surface area contributed by atoms with Crippen molar-refractivity contribution in [3.05, 3.63) is 40.8 Å². The van der Waals surface area contributed by atoms with Gasteiger partial charge in [-0.1, -0.05) is 11.2 Å². The lowest BCUT2D eigenvalue weighted by Gasteiger charge is -2.30. The van der Waals surface area contributed by atoms with Crippen molar-refractivity contribution in [1.29, 1.82) is 0 Å². The maximum atomic E-state index is 12.9. The van der Waals surface area contributed by atoms with Crippen molar-refractivity contribution in [3.8, 4) is 0 Å². The molecule has 0 spiro atoms. The first kappa shape index (κ1) is 19.6. The third kappa shape index (κ3) is 3.53. The standard InChI is InChI=1S/C19H22N4O5S/c1-11-17(12(2)28-22-11)29(26,27)23-7-5-13(6-8-23)18(24)21-15-4-3-14-10-20-19(25)16(14)9-15/h3-4,9,13H,5-8,10H2,1-2H3,(H,20,25)(H,21,24). The molecule has 2 N–H and O–H groups in total. The van der Waals surface area contributed by atoms with E-state index in [9.17, 15) is 18.0 Å². The Morgan fingerprint density at radius 1 is 1.28 bits per heavy atom. The number of benzene rings is 1. The molecule has 0 saturated carbocycles. The van der Waals surface area contributed by atoms with Gasteiger partial charge in [-0.3, -0.25) is 9.59 Å². The maximum Gasteiger partial charge on any atom is 0.251 e. The second-order valence-electron chi connectivity index (χ2n) is 7.38. The highest BCUT2D eigenvalue weighted by Gasteiger charge is 2.35. The lowest BCUT2D eigenvalue weighted by Crippen LogP contribution is -2.41. The van der Waals surface area contributed by atoms with E-state index in [1.165, 1.54) is 4.31 Å². The molecule has 2 aromatic rings. The van der Waals surface area contributed by atoms with Crippen LogP contribution in [0.5, 0.6) is 0 Å². The summed E-state index contributed by atoms with van der Waals surface area (Å²) >= 11 is 0. The number of nitrogens with zero attached hydrogens (tertiary/aromatic N) is 2. The molecular weight excluding hydrogens is 396 g/mol. The first-order chi connectivity index (χ1) is 13.8. The average molecular weight is 418 g/mol. The number of aromatic nitrogens is 1. The van der Waals surface area contributed by atoms with E-state index in [2.05, 4.69) is 15.8 Å². The smallest absolute Gasteiger partial charge is 0.251 e. The second-order valence-corrected chi connectivity index (χ2v) is 9.25. The largest absolute Gasteiger partial charge is 0.360 e. The number of nitrogens with one attached hydrogen (secondary N) is 2. The van der Waals surface area contributed by atoms with Gasteiger partial charge in [0.2, 0.25) is 15.9 Å². The normalized spacial score (nSPS) is 17.8. The van der Waals surface area contributed by atoms with Crippen molar-refractivity contribution < 1.29 is 22.5 Å². The first-order valence-corrected chi connectivity index (χ1v) is 10.9. The van der Waals surface area contributed by atoms with E-state index >= 15 is 0 Å². The summed E-state index contributed by atoms with van der Waals surface area (Å²) in [5.74, 6) is -0.345. The molecule has 1 saturated heterocycles. The molecule has 0 unspecified atom stereocenters. The van der Waals surface area contributed by atoms with Crippen LogP contribution in [0.3, 0.4) is 0 Å². The fraction of sp³-hybridized carbons (Fsp3) is 0.421. The van der Waals surface area contributed by atoms with Gasteiger partial charge in [-0.25, -0.2) is 8.42 Å². The fourth-order valence-corrected chi connectivity index (χ4v) is 5.63. The van der Waals surface area contributed by atoms with Gasteiger partial charge in [0.05, 0.1) is 0 Å². The highest BCUT2D eigenvalue weighted by atomic mass is 32.2. The maximum absolute atomic E-state index is 12.9. The van der Waals surface area contributed by atoms with E-state index in [1.807, 2.05) is 6.07 Å². The van der Waals surface area contributed by atoms with Crippen molar-refractivity contribution in [1.82, 2.24) is 14.8 Å². The Bertz CT molecular complexity index is 1060. The molecule has 9 nitrogen and oxygen atoms in total. The summed E-state index contributed by atoms with van der Waals surface area (Å²) in [5, 5.41) is 9.32. The lowest BCUT2D eigenvalue weighted by atomic mass is 9.97. The molecule has 10 heteroatoms. The molecule has 4 rings (SSSR count). The molecule has 2 amide bonds. The van der Waals surface area contributed by atoms with E-state index in [-0.39, 0.29) is 41.5 Å². The van der Waals surface area contributed by atoms with Gasteiger partial charge in [-0.2, -0.15) is 4.31 Å². The summed E-state index contributed by atoms with van der Waals surface area (Å²) in [5.41, 5.74) is 2.38. The van der Waals surface area contributed by atoms with Crippen molar-refractivity contribution in [2.75, 3.05) is 18.4 Å². The van der Waals surface area contributed by atoms with Crippen LogP contribution in [0.15, 0.2) is 27.6 Å². The number of aryl methyl sites for hydroxylation is 2. The number of carbonyl (C=O) groups excluding carboxylic acids is 2. The molecule has 154 valence electrons. The highest BCUT2D eigenvalue weighted by molar-refractivity contribution is 7.89. The average Bonchev–Trinajstić information content (AvgIpc) is 3.24. The fourth-order valence-electron chi connectivity index (χ4n) is 3.87. The molecule has 1 aromatic heterocycles. The minimum absolute atomic E-state index is 0.108. The lowest BCUT2D eigenvalue weighted by molar-refractivity contribution is -0.120. The van der Waals surface area contributed by atoms with Gasteiger partial charge in [-0.05, 0) is 44.4 Å². The van der Waals surface area contributed by atoms with E-state index in [0.29, 0.717) is 36.3 Å². The predicted octanol–water partition coefficient (Wildman–Crippen LogP) is 1.57. The summed E-state index contributed by atoms with van der Waals surface area (Å²) in [7, 11) is -3.70. The molecule has 1 fully saturated rings. The minimum Gasteiger partial charge on any atom is -0.360 e. The zero-order valence-corrected chi connectivity index (χ0v) is 17.0. The SMILES string of the molecule is Cc1noc(C)c1S(=O)(=O)N1CCC(C(=O)Nc2ccc3c(c2)C(=O)NC3)CC1. The monoisotopic (exact) mass is 418 g/mol. The van der Waals surface area contributed by atoms with Crippen LogP contribution < -0.4 is 10.6 Å². The molecule has 0 aliphatic carbocycles. The third-order valence-electron chi connectivity index (χ3n) is 5.45. The van der Waals surface area contributed by atoms with Crippen LogP contribution >= 0.6 is 0 Å². The van der Waals surface area contributed by atoms with Crippen molar-refractivity contribution >= 4 is 27.5 Å². The van der Waals surface area contributed by atoms with Crippen LogP contribution in [0.1, 0.15) is 40.2 Å². The molecule has 0 radical (unpaired) electrons. The van der Waals surface area contributed by atoms with Crippen LogP contribution in [0, 0.1) is 19.8 Å². The van der Waals surface area contributed by atoms with Crippen molar-refractivity contribution in [3.63, 3.8) is 0 Å². The molecule has 0 bridgehead atoms. The minimum atomic E-state index is -3.70. The molecular formula is C19H22N4O5S. The van der Waals surface area contributed by atoms with Crippen molar-refractivity contribution in [2.24, 2.45) is 5.92 Å². The van der Waals surface area contributed by atoms with Crippen LogP contribution in [-0.2, 0) is 21.4 Å². The zero-order chi connectivity index (χ0) is 20.8. The van der Waals surface area contributed by atoms with E-state index < -0.39 is 10.0 Å². The summed E-state index contributed by atoms with van der Waals surface area (Å²) in [6.07, 6.45) is 0.833. The van der Waals surface area contributed by atoms with Crippen LogP contribution in [0.25, 0.3) is 0 Å². The van der Waals surface area contributed by atoms with E-state index in [1.54, 1.807) is 26.0 Å². The Morgan fingerprint density at radius 2 is 2.00 bits per heavy atom. The number of hydrogen-bond acceptors (Lipinski definition) is 6. The van der Waals surface area contributed by atoms with Gasteiger partial charge >= 0.3 is 0 Å². The van der Waals surface area contributed by atoms with Crippen LogP contribution in [0.2, 0.25) is 0 Å². The Kier molecular flexibility index (Phi) is 4.91. The van der Waals surface area contributed by atoms with Crippen LogP contribution in [0.4, 0.5) is 5.69 Å². The van der Waals surface area contributed by atoms with Gasteiger partial charge in [0.1, 0.15) is 10.6 Å². The number of carbonyl (C=O) groups is 2. The molecule has 3 heterocycles. The summed E-state index contributed by atoms with van der Waals surface area (Å²) in [4.78, 5) is 24.5. The Morgan fingerprint density at radius 3 is 2.66 bits per heavy atom.